The second kappa shape index (κ2) is 10.6. The lowest BCUT2D eigenvalue weighted by atomic mass is 10.1. The zero-order valence-corrected chi connectivity index (χ0v) is 20.8. The second-order valence-corrected chi connectivity index (χ2v) is 8.89. The van der Waals surface area contributed by atoms with E-state index < -0.39 is 40.2 Å². The number of rotatable bonds is 8. The molecule has 39 heavy (non-hydrogen) atoms. The average molecular weight is 542 g/mol. The van der Waals surface area contributed by atoms with Gasteiger partial charge in [0.25, 0.3) is 11.8 Å². The van der Waals surface area contributed by atoms with Crippen molar-refractivity contribution in [1.82, 2.24) is 14.9 Å². The maximum Gasteiger partial charge on any atom is 0.278 e. The number of fused-ring (bicyclic) bond motifs is 2. The molecule has 3 heterocycles. The molecule has 204 valence electrons. The van der Waals surface area contributed by atoms with E-state index in [9.17, 15) is 28.3 Å². The monoisotopic (exact) mass is 542 g/mol. The van der Waals surface area contributed by atoms with E-state index >= 15 is 0 Å². The molecule has 2 N–H and O–H groups in total. The number of aromatic nitrogens is 1. The van der Waals surface area contributed by atoms with Gasteiger partial charge in [-0.3, -0.25) is 24.1 Å². The predicted octanol–water partition coefficient (Wildman–Crippen LogP) is 1.69. The molecule has 2 aliphatic rings. The number of carbonyl (C=O) groups excluding carboxylic acids is 2. The molecule has 2 aliphatic heterocycles. The van der Waals surface area contributed by atoms with Gasteiger partial charge < -0.3 is 29.5 Å². The fourth-order valence-electron chi connectivity index (χ4n) is 4.34. The maximum atomic E-state index is 14.0. The number of aromatic hydroxyl groups is 1. The number of ether oxygens (including phenoxy) is 3. The molecular weight excluding hydrogens is 518 g/mol. The Bertz CT molecular complexity index is 1510. The topological polar surface area (TPSA) is 123 Å². The summed E-state index contributed by atoms with van der Waals surface area (Å²) in [7, 11) is 1.50. The predicted molar refractivity (Wildman–Crippen MR) is 132 cm³/mol. The van der Waals surface area contributed by atoms with Crippen molar-refractivity contribution < 1.29 is 37.7 Å². The molecule has 0 bridgehead atoms. The van der Waals surface area contributed by atoms with Crippen molar-refractivity contribution in [2.75, 3.05) is 38.7 Å². The highest BCUT2D eigenvalue weighted by Gasteiger charge is 2.34. The van der Waals surface area contributed by atoms with Crippen LogP contribution in [0.4, 0.5) is 8.78 Å². The van der Waals surface area contributed by atoms with Crippen LogP contribution in [0, 0.1) is 11.6 Å². The Morgan fingerprint density at radius 2 is 1.92 bits per heavy atom. The molecule has 0 unspecified atom stereocenters. The molecule has 0 fully saturated rings. The van der Waals surface area contributed by atoms with E-state index in [1.165, 1.54) is 22.8 Å². The number of pyridine rings is 1. The number of halogens is 2. The van der Waals surface area contributed by atoms with Gasteiger partial charge in [-0.05, 0) is 23.8 Å². The molecule has 0 spiro atoms. The van der Waals surface area contributed by atoms with E-state index in [1.807, 2.05) is 0 Å². The van der Waals surface area contributed by atoms with Gasteiger partial charge in [-0.1, -0.05) is 12.1 Å². The van der Waals surface area contributed by atoms with E-state index in [0.717, 1.165) is 17.8 Å². The summed E-state index contributed by atoms with van der Waals surface area (Å²) < 4.78 is 44.3. The summed E-state index contributed by atoms with van der Waals surface area (Å²) in [6.07, 6.45) is 1.15. The van der Waals surface area contributed by atoms with Crippen molar-refractivity contribution in [2.24, 2.45) is 0 Å². The van der Waals surface area contributed by atoms with Gasteiger partial charge in [0, 0.05) is 38.0 Å². The third-order valence-corrected chi connectivity index (χ3v) is 6.36. The number of benzene rings is 2. The lowest BCUT2D eigenvalue weighted by Gasteiger charge is -2.39. The summed E-state index contributed by atoms with van der Waals surface area (Å²) in [6.45, 7) is 0.446. The second-order valence-electron chi connectivity index (χ2n) is 8.89. The molecule has 2 aromatic carbocycles. The Morgan fingerprint density at radius 3 is 2.69 bits per heavy atom. The first-order valence-corrected chi connectivity index (χ1v) is 11.9. The highest BCUT2D eigenvalue weighted by molar-refractivity contribution is 5.99. The van der Waals surface area contributed by atoms with Crippen molar-refractivity contribution in [2.45, 2.75) is 13.1 Å². The lowest BCUT2D eigenvalue weighted by Crippen LogP contribution is -2.55. The first-order chi connectivity index (χ1) is 18.8. The molecule has 0 aliphatic carbocycles. The van der Waals surface area contributed by atoms with E-state index in [-0.39, 0.29) is 51.0 Å². The van der Waals surface area contributed by atoms with Crippen LogP contribution in [-0.4, -0.2) is 60.2 Å². The van der Waals surface area contributed by atoms with Crippen LogP contribution < -0.4 is 25.2 Å². The van der Waals surface area contributed by atoms with Crippen LogP contribution in [0.25, 0.3) is 0 Å². The van der Waals surface area contributed by atoms with Crippen molar-refractivity contribution in [3.63, 3.8) is 0 Å². The number of hydrogen-bond acceptors (Lipinski definition) is 8. The van der Waals surface area contributed by atoms with Crippen LogP contribution >= 0.6 is 0 Å². The zero-order valence-electron chi connectivity index (χ0n) is 20.8. The van der Waals surface area contributed by atoms with E-state index in [1.54, 1.807) is 23.2 Å². The van der Waals surface area contributed by atoms with Crippen LogP contribution in [0.15, 0.2) is 47.4 Å². The van der Waals surface area contributed by atoms with Crippen molar-refractivity contribution >= 4 is 11.8 Å². The Hall–Kier alpha value is -4.65. The molecule has 5 rings (SSSR count). The average Bonchev–Trinajstić information content (AvgIpc) is 3.38. The summed E-state index contributed by atoms with van der Waals surface area (Å²) in [5.74, 6) is -2.93. The summed E-state index contributed by atoms with van der Waals surface area (Å²) in [5.41, 5.74) is -1.10. The maximum absolute atomic E-state index is 14.0. The van der Waals surface area contributed by atoms with Gasteiger partial charge in [0.1, 0.15) is 23.9 Å². The number of methoxy groups -OCH3 is 1. The van der Waals surface area contributed by atoms with Gasteiger partial charge >= 0.3 is 0 Å². The van der Waals surface area contributed by atoms with Crippen LogP contribution in [0.2, 0.25) is 0 Å². The minimum Gasteiger partial charge on any atom is -0.502 e. The molecule has 3 aromatic rings. The Kier molecular flexibility index (Phi) is 7.07. The molecule has 0 saturated carbocycles. The Labute approximate surface area is 220 Å². The smallest absolute Gasteiger partial charge is 0.278 e. The van der Waals surface area contributed by atoms with Gasteiger partial charge in [0.05, 0.1) is 13.2 Å². The Morgan fingerprint density at radius 1 is 1.13 bits per heavy atom. The molecule has 0 radical (unpaired) electrons. The fourth-order valence-corrected chi connectivity index (χ4v) is 4.34. The summed E-state index contributed by atoms with van der Waals surface area (Å²) in [4.78, 5) is 40.7. The molecular formula is C26H24F2N4O7. The largest absolute Gasteiger partial charge is 0.502 e. The fraction of sp³-hybridized carbons (Fsp3) is 0.269. The Balaban J connectivity index is 1.43. The van der Waals surface area contributed by atoms with Gasteiger partial charge in [0.15, 0.2) is 22.9 Å². The third-order valence-electron chi connectivity index (χ3n) is 6.36. The van der Waals surface area contributed by atoms with Gasteiger partial charge in [0.2, 0.25) is 12.2 Å². The normalized spacial score (nSPS) is 14.0. The summed E-state index contributed by atoms with van der Waals surface area (Å²) in [5, 5.41) is 14.8. The SMILES string of the molecule is COCCN1CN(Cc2ccc3c(c2)OCO3)C(=O)c2c(O)c(=O)c(C(=O)NCc3ccc(F)cc3F)cn21. The van der Waals surface area contributed by atoms with Gasteiger partial charge in [-0.15, -0.1) is 0 Å². The molecule has 0 saturated heterocycles. The number of hydrogen-bond donors (Lipinski definition) is 2. The van der Waals surface area contributed by atoms with Crippen LogP contribution in [0.5, 0.6) is 17.2 Å². The standard InChI is InChI=1S/C26H24F2N4O7/c1-37-7-6-31-13-30(11-15-2-5-20-21(8-15)39-14-38-20)26(36)22-24(34)23(33)18(12-32(22)31)25(35)29-10-16-3-4-17(27)9-19(16)28/h2-5,8-9,12,34H,6-7,10-11,13-14H2,1H3,(H,29,35). The van der Waals surface area contributed by atoms with Gasteiger partial charge in [-0.2, -0.15) is 0 Å². The zero-order chi connectivity index (χ0) is 27.7. The number of amides is 2. The molecule has 11 nitrogen and oxygen atoms in total. The van der Waals surface area contributed by atoms with E-state index in [0.29, 0.717) is 17.6 Å². The van der Waals surface area contributed by atoms with Crippen LogP contribution in [-0.2, 0) is 17.8 Å². The van der Waals surface area contributed by atoms with Crippen molar-refractivity contribution in [1.29, 1.82) is 0 Å². The highest BCUT2D eigenvalue weighted by Crippen LogP contribution is 2.33. The summed E-state index contributed by atoms with van der Waals surface area (Å²) in [6, 6.07) is 8.14. The van der Waals surface area contributed by atoms with Gasteiger partial charge in [-0.25, -0.2) is 8.78 Å². The minimum absolute atomic E-state index is 0.00286. The highest BCUT2D eigenvalue weighted by atomic mass is 19.1. The molecule has 0 atom stereocenters. The lowest BCUT2D eigenvalue weighted by molar-refractivity contribution is 0.0661. The van der Waals surface area contributed by atoms with Crippen molar-refractivity contribution in [3.05, 3.63) is 86.8 Å². The van der Waals surface area contributed by atoms with E-state index in [4.69, 9.17) is 14.2 Å². The first kappa shape index (κ1) is 26.0. The number of carbonyl (C=O) groups is 2. The van der Waals surface area contributed by atoms with Crippen molar-refractivity contribution in [3.8, 4) is 17.2 Å². The first-order valence-electron chi connectivity index (χ1n) is 11.9. The minimum atomic E-state index is -1.07. The van der Waals surface area contributed by atoms with Crippen LogP contribution in [0.1, 0.15) is 32.0 Å². The molecule has 13 heteroatoms. The number of nitrogens with zero attached hydrogens (tertiary/aromatic N) is 3. The number of nitrogens with one attached hydrogen (secondary N) is 1. The summed E-state index contributed by atoms with van der Waals surface area (Å²) >= 11 is 0. The van der Waals surface area contributed by atoms with E-state index in [2.05, 4.69) is 5.32 Å². The quantitative estimate of drug-likeness (QED) is 0.441. The molecule has 1 aromatic heterocycles. The third kappa shape index (κ3) is 5.08. The van der Waals surface area contributed by atoms with Crippen LogP contribution in [0.3, 0.4) is 0 Å². The molecule has 2 amide bonds.